The highest BCUT2D eigenvalue weighted by molar-refractivity contribution is 9.10. The number of methoxy groups -OCH3 is 1. The van der Waals surface area contributed by atoms with E-state index in [1.165, 1.54) is 21.2 Å². The number of fused-ring (bicyclic) bond motifs is 2. The van der Waals surface area contributed by atoms with E-state index in [-0.39, 0.29) is 29.1 Å². The molecule has 6 rings (SSSR count). The number of nitrogens with one attached hydrogen (secondary N) is 1. The molecule has 3 heterocycles. The summed E-state index contributed by atoms with van der Waals surface area (Å²) in [6.07, 6.45) is 0. The van der Waals surface area contributed by atoms with Crippen LogP contribution in [0.25, 0.3) is 0 Å². The summed E-state index contributed by atoms with van der Waals surface area (Å²) in [4.78, 5) is 55.9. The molecule has 11 heteroatoms. The minimum absolute atomic E-state index is 0.222. The van der Waals surface area contributed by atoms with Crippen LogP contribution in [0.3, 0.4) is 0 Å². The first kappa shape index (κ1) is 27.5. The highest BCUT2D eigenvalue weighted by atomic mass is 79.9. The first-order chi connectivity index (χ1) is 19.8. The van der Waals surface area contributed by atoms with Gasteiger partial charge in [0, 0.05) is 26.5 Å². The molecule has 1 fully saturated rings. The van der Waals surface area contributed by atoms with Crippen LogP contribution < -0.4 is 19.8 Å². The van der Waals surface area contributed by atoms with Crippen molar-refractivity contribution in [1.29, 1.82) is 0 Å². The van der Waals surface area contributed by atoms with Crippen LogP contribution in [0, 0.1) is 12.8 Å². The molecule has 0 radical (unpaired) electrons. The van der Waals surface area contributed by atoms with E-state index in [0.29, 0.717) is 32.6 Å². The summed E-state index contributed by atoms with van der Waals surface area (Å²) in [5, 5.41) is 2.59. The molecule has 3 aromatic carbocycles. The molecular formula is C30H24BrN3O5S2. The van der Waals surface area contributed by atoms with Gasteiger partial charge < -0.3 is 10.1 Å². The van der Waals surface area contributed by atoms with Crippen molar-refractivity contribution in [2.75, 3.05) is 17.3 Å². The van der Waals surface area contributed by atoms with E-state index in [2.05, 4.69) is 21.2 Å². The second kappa shape index (κ2) is 11.0. The minimum atomic E-state index is -0.784. The van der Waals surface area contributed by atoms with Crippen LogP contribution in [0.1, 0.15) is 21.9 Å². The summed E-state index contributed by atoms with van der Waals surface area (Å²) in [7, 11) is 1.55. The lowest BCUT2D eigenvalue weighted by Crippen LogP contribution is -2.33. The molecule has 41 heavy (non-hydrogen) atoms. The normalized spacial score (nSPS) is 19.6. The van der Waals surface area contributed by atoms with Gasteiger partial charge in [0.15, 0.2) is 0 Å². The van der Waals surface area contributed by atoms with E-state index in [1.54, 1.807) is 43.5 Å². The zero-order valence-electron chi connectivity index (χ0n) is 22.0. The van der Waals surface area contributed by atoms with Gasteiger partial charge in [-0.1, -0.05) is 69.4 Å². The van der Waals surface area contributed by atoms with Crippen molar-refractivity contribution in [3.05, 3.63) is 103 Å². The van der Waals surface area contributed by atoms with Crippen molar-refractivity contribution in [2.24, 2.45) is 5.92 Å². The highest BCUT2D eigenvalue weighted by Gasteiger charge is 2.57. The van der Waals surface area contributed by atoms with Crippen molar-refractivity contribution >= 4 is 68.1 Å². The highest BCUT2D eigenvalue weighted by Crippen LogP contribution is 2.55. The Labute approximate surface area is 252 Å². The second-order valence-electron chi connectivity index (χ2n) is 9.81. The number of hydrogen-bond donors (Lipinski definition) is 1. The first-order valence-corrected chi connectivity index (χ1v) is 15.3. The Morgan fingerprint density at radius 2 is 1.76 bits per heavy atom. The van der Waals surface area contributed by atoms with Gasteiger partial charge in [-0.15, -0.1) is 0 Å². The number of ether oxygens (including phenoxy) is 1. The third kappa shape index (κ3) is 4.92. The number of para-hydroxylation sites is 1. The third-order valence-corrected chi connectivity index (χ3v) is 10.3. The average molecular weight is 651 g/mol. The molecule has 0 spiro atoms. The number of aryl methyl sites for hydroxylation is 1. The van der Waals surface area contributed by atoms with Crippen molar-refractivity contribution in [1.82, 2.24) is 4.57 Å². The van der Waals surface area contributed by atoms with Gasteiger partial charge in [0.25, 0.3) is 0 Å². The third-order valence-electron chi connectivity index (χ3n) is 7.21. The maximum Gasteiger partial charge on any atom is 0.308 e. The smallest absolute Gasteiger partial charge is 0.308 e. The molecular weight excluding hydrogens is 626 g/mol. The number of imide groups is 1. The fourth-order valence-electron chi connectivity index (χ4n) is 5.43. The van der Waals surface area contributed by atoms with Gasteiger partial charge in [-0.3, -0.25) is 23.7 Å². The molecule has 2 aliphatic rings. The number of benzene rings is 3. The van der Waals surface area contributed by atoms with Gasteiger partial charge in [0.1, 0.15) is 17.5 Å². The van der Waals surface area contributed by atoms with Crippen LogP contribution in [0.2, 0.25) is 0 Å². The van der Waals surface area contributed by atoms with E-state index in [1.807, 2.05) is 43.3 Å². The van der Waals surface area contributed by atoms with E-state index in [4.69, 9.17) is 4.74 Å². The first-order valence-electron chi connectivity index (χ1n) is 12.8. The Morgan fingerprint density at radius 3 is 2.49 bits per heavy atom. The van der Waals surface area contributed by atoms with Gasteiger partial charge in [0.2, 0.25) is 17.7 Å². The Kier molecular flexibility index (Phi) is 7.35. The van der Waals surface area contributed by atoms with Crippen molar-refractivity contribution in [2.45, 2.75) is 29.7 Å². The van der Waals surface area contributed by atoms with Crippen LogP contribution in [0.15, 0.2) is 87.1 Å². The Hall–Kier alpha value is -3.67. The molecule has 3 amide bonds. The Balaban J connectivity index is 1.43. The average Bonchev–Trinajstić information content (AvgIpc) is 3.39. The zero-order chi connectivity index (χ0) is 28.8. The molecule has 208 valence electrons. The number of nitrogens with zero attached hydrogens (tertiary/aromatic N) is 2. The van der Waals surface area contributed by atoms with Gasteiger partial charge in [-0.2, -0.15) is 0 Å². The number of amides is 3. The van der Waals surface area contributed by atoms with Crippen LogP contribution >= 0.6 is 39.0 Å². The molecule has 1 saturated heterocycles. The van der Waals surface area contributed by atoms with Crippen molar-refractivity contribution in [3.8, 4) is 5.75 Å². The van der Waals surface area contributed by atoms with Gasteiger partial charge in [-0.05, 0) is 55.0 Å². The largest absolute Gasteiger partial charge is 0.496 e. The number of rotatable bonds is 6. The molecule has 3 atom stereocenters. The number of thiazole rings is 1. The standard InChI is InChI=1S/C30H24BrN3O5S2/c1-16-6-5-7-18(14-16)32-22(35)15-33-29-26(41-30(33)38)23(20-8-3-4-9-21(20)39-2)24-25(40-29)28(37)34(27(24)36)19-12-10-17(31)11-13-19/h3-14,23-25H,15H2,1-2H3,(H,32,35)/t23-,24-,25+/m0/s1. The number of anilines is 2. The molecule has 1 N–H and O–H groups in total. The minimum Gasteiger partial charge on any atom is -0.496 e. The predicted molar refractivity (Wildman–Crippen MR) is 163 cm³/mol. The summed E-state index contributed by atoms with van der Waals surface area (Å²) >= 11 is 5.59. The van der Waals surface area contributed by atoms with E-state index < -0.39 is 17.1 Å². The lowest BCUT2D eigenvalue weighted by Gasteiger charge is -2.31. The fraction of sp³-hybridized carbons (Fsp3) is 0.200. The molecule has 0 unspecified atom stereocenters. The number of hydrogen-bond acceptors (Lipinski definition) is 7. The van der Waals surface area contributed by atoms with Gasteiger partial charge in [-0.25, -0.2) is 4.90 Å². The molecule has 1 aromatic heterocycles. The lowest BCUT2D eigenvalue weighted by molar-refractivity contribution is -0.122. The summed E-state index contributed by atoms with van der Waals surface area (Å²) in [6.45, 7) is 1.71. The Morgan fingerprint density at radius 1 is 1.00 bits per heavy atom. The zero-order valence-corrected chi connectivity index (χ0v) is 25.2. The molecule has 0 aliphatic carbocycles. The maximum absolute atomic E-state index is 14.0. The van der Waals surface area contributed by atoms with E-state index in [9.17, 15) is 19.2 Å². The summed E-state index contributed by atoms with van der Waals surface area (Å²) < 4.78 is 7.90. The number of carbonyl (C=O) groups is 3. The maximum atomic E-state index is 14.0. The fourth-order valence-corrected chi connectivity index (χ4v) is 8.45. The Bertz CT molecular complexity index is 1750. The van der Waals surface area contributed by atoms with Crippen LogP contribution in [-0.4, -0.2) is 34.6 Å². The number of thioether (sulfide) groups is 1. The summed E-state index contributed by atoms with van der Waals surface area (Å²) in [6, 6.07) is 21.8. The summed E-state index contributed by atoms with van der Waals surface area (Å²) in [5.41, 5.74) is 2.82. The lowest BCUT2D eigenvalue weighted by atomic mass is 9.82. The van der Waals surface area contributed by atoms with Crippen molar-refractivity contribution in [3.63, 3.8) is 0 Å². The number of carbonyl (C=O) groups excluding carboxylic acids is 3. The van der Waals surface area contributed by atoms with E-state index >= 15 is 0 Å². The molecule has 2 aliphatic heterocycles. The summed E-state index contributed by atoms with van der Waals surface area (Å²) in [5.74, 6) is -1.86. The molecule has 8 nitrogen and oxygen atoms in total. The quantitative estimate of drug-likeness (QED) is 0.280. The predicted octanol–water partition coefficient (Wildman–Crippen LogP) is 5.42. The molecule has 0 saturated carbocycles. The number of halogens is 1. The number of aromatic nitrogens is 1. The van der Waals surface area contributed by atoms with Crippen LogP contribution in [0.4, 0.5) is 11.4 Å². The van der Waals surface area contributed by atoms with Gasteiger partial charge >= 0.3 is 4.87 Å². The topological polar surface area (TPSA) is 97.7 Å². The van der Waals surface area contributed by atoms with E-state index in [0.717, 1.165) is 21.4 Å². The SMILES string of the molecule is COc1ccccc1[C@@H]1c2sc(=O)n(CC(=O)Nc3cccc(C)c3)c2S[C@H]2C(=O)N(c3ccc(Br)cc3)C(=O)[C@@H]12. The molecule has 0 bridgehead atoms. The monoisotopic (exact) mass is 649 g/mol. The van der Waals surface area contributed by atoms with Crippen molar-refractivity contribution < 1.29 is 19.1 Å². The molecule has 4 aromatic rings. The van der Waals surface area contributed by atoms with Crippen LogP contribution in [-0.2, 0) is 20.9 Å². The van der Waals surface area contributed by atoms with Gasteiger partial charge in [0.05, 0.1) is 23.7 Å². The second-order valence-corrected chi connectivity index (χ2v) is 12.9. The van der Waals surface area contributed by atoms with Crippen LogP contribution in [0.5, 0.6) is 5.75 Å².